The van der Waals surface area contributed by atoms with E-state index in [0.717, 1.165) is 16.7 Å². The molecule has 0 fully saturated rings. The molecule has 134 valence electrons. The highest BCUT2D eigenvalue weighted by atomic mass is 16.3. The molecular weight excluding hydrogens is 334 g/mol. The molecule has 0 aliphatic carbocycles. The zero-order valence-corrected chi connectivity index (χ0v) is 15.6. The van der Waals surface area contributed by atoms with E-state index < -0.39 is 0 Å². The molecule has 2 heterocycles. The first-order valence-electron chi connectivity index (χ1n) is 8.37. The lowest BCUT2D eigenvalue weighted by Crippen LogP contribution is -1.92. The van der Waals surface area contributed by atoms with Gasteiger partial charge in [0.15, 0.2) is 11.3 Å². The van der Waals surface area contributed by atoms with Crippen molar-refractivity contribution in [2.75, 3.05) is 0 Å². The number of aliphatic imine (C=N–C) groups is 1. The molecular formula is C23H21N3O. The molecule has 0 spiro atoms. The summed E-state index contributed by atoms with van der Waals surface area (Å²) in [6.45, 7) is 15.1. The van der Waals surface area contributed by atoms with Crippen molar-refractivity contribution < 1.29 is 4.42 Å². The maximum Gasteiger partial charge on any atom is 0.161 e. The van der Waals surface area contributed by atoms with Crippen molar-refractivity contribution >= 4 is 22.4 Å². The lowest BCUT2D eigenvalue weighted by Gasteiger charge is -2.03. The Kier molecular flexibility index (Phi) is 6.62. The van der Waals surface area contributed by atoms with Gasteiger partial charge in [0.2, 0.25) is 0 Å². The number of furan rings is 1. The molecule has 0 saturated carbocycles. The quantitative estimate of drug-likeness (QED) is 0.351. The third kappa shape index (κ3) is 4.47. The van der Waals surface area contributed by atoms with E-state index >= 15 is 0 Å². The summed E-state index contributed by atoms with van der Waals surface area (Å²) in [5, 5.41) is 9.19. The predicted molar refractivity (Wildman–Crippen MR) is 112 cm³/mol. The van der Waals surface area contributed by atoms with E-state index in [0.29, 0.717) is 28.1 Å². The highest BCUT2D eigenvalue weighted by Crippen LogP contribution is 2.28. The molecule has 0 saturated heterocycles. The topological polar surface area (TPSA) is 62.2 Å². The van der Waals surface area contributed by atoms with Crippen molar-refractivity contribution in [2.24, 2.45) is 4.99 Å². The molecule has 0 radical (unpaired) electrons. The molecule has 0 unspecified atom stereocenters. The van der Waals surface area contributed by atoms with E-state index in [-0.39, 0.29) is 0 Å². The van der Waals surface area contributed by atoms with Crippen molar-refractivity contribution in [2.45, 2.75) is 13.8 Å². The molecule has 2 aromatic heterocycles. The maximum atomic E-state index is 9.19. The average molecular weight is 355 g/mol. The zero-order chi connectivity index (χ0) is 19.8. The number of nitriles is 1. The summed E-state index contributed by atoms with van der Waals surface area (Å²) in [4.78, 5) is 8.78. The van der Waals surface area contributed by atoms with E-state index in [1.807, 2.05) is 26.0 Å². The van der Waals surface area contributed by atoms with Crippen LogP contribution in [-0.2, 0) is 0 Å². The summed E-state index contributed by atoms with van der Waals surface area (Å²) in [6.07, 6.45) is 11.9. The van der Waals surface area contributed by atoms with Crippen LogP contribution in [-0.4, -0.2) is 10.7 Å². The Hall–Kier alpha value is -3.71. The van der Waals surface area contributed by atoms with Gasteiger partial charge in [-0.25, -0.2) is 0 Å². The molecule has 0 amide bonds. The summed E-state index contributed by atoms with van der Waals surface area (Å²) in [7, 11) is 0. The first-order valence-corrected chi connectivity index (χ1v) is 8.37. The number of hydrogen-bond acceptors (Lipinski definition) is 4. The molecule has 4 heteroatoms. The maximum absolute atomic E-state index is 9.19. The molecule has 0 bridgehead atoms. The number of nitrogens with zero attached hydrogens (tertiary/aromatic N) is 3. The summed E-state index contributed by atoms with van der Waals surface area (Å²) >= 11 is 0. The van der Waals surface area contributed by atoms with Crippen LogP contribution in [0.4, 0.5) is 0 Å². The van der Waals surface area contributed by atoms with Crippen molar-refractivity contribution in [1.29, 1.82) is 5.26 Å². The van der Waals surface area contributed by atoms with E-state index in [1.165, 1.54) is 0 Å². The van der Waals surface area contributed by atoms with Crippen LogP contribution in [0.25, 0.3) is 16.7 Å². The molecule has 27 heavy (non-hydrogen) atoms. The van der Waals surface area contributed by atoms with Gasteiger partial charge in [-0.05, 0) is 43.2 Å². The minimum Gasteiger partial charge on any atom is -0.452 e. The van der Waals surface area contributed by atoms with E-state index in [1.54, 1.807) is 42.8 Å². The van der Waals surface area contributed by atoms with Crippen LogP contribution < -0.4 is 0 Å². The van der Waals surface area contributed by atoms with E-state index in [4.69, 9.17) is 4.42 Å². The largest absolute Gasteiger partial charge is 0.452 e. The van der Waals surface area contributed by atoms with Crippen LogP contribution in [0, 0.1) is 11.3 Å². The highest BCUT2D eigenvalue weighted by Gasteiger charge is 2.14. The van der Waals surface area contributed by atoms with E-state index in [2.05, 4.69) is 35.8 Å². The first-order chi connectivity index (χ1) is 13.1. The van der Waals surface area contributed by atoms with Crippen molar-refractivity contribution in [1.82, 2.24) is 4.98 Å². The smallest absolute Gasteiger partial charge is 0.161 e. The van der Waals surface area contributed by atoms with Gasteiger partial charge in [0.25, 0.3) is 0 Å². The Morgan fingerprint density at radius 2 is 2.04 bits per heavy atom. The number of hydrogen-bond donors (Lipinski definition) is 0. The first kappa shape index (κ1) is 19.6. The van der Waals surface area contributed by atoms with E-state index in [9.17, 15) is 5.26 Å². The second-order valence-electron chi connectivity index (χ2n) is 5.64. The van der Waals surface area contributed by atoms with Crippen LogP contribution in [0.15, 0.2) is 95.2 Å². The van der Waals surface area contributed by atoms with Crippen LogP contribution in [0.2, 0.25) is 0 Å². The fourth-order valence-electron chi connectivity index (χ4n) is 2.33. The average Bonchev–Trinajstić information content (AvgIpc) is 3.13. The Morgan fingerprint density at radius 1 is 1.26 bits per heavy atom. The molecule has 2 aromatic rings. The normalized spacial score (nSPS) is 13.4. The van der Waals surface area contributed by atoms with Crippen LogP contribution in [0.5, 0.6) is 0 Å². The predicted octanol–water partition coefficient (Wildman–Crippen LogP) is 5.93. The SMILES string of the molecule is C=C/C(C)=C\N=C(/C=C)c1cc2nccc(/C(C=C)=C/C(C#N)=C\C)c2o1. The molecule has 0 N–H and O–H groups in total. The van der Waals surface area contributed by atoms with Gasteiger partial charge in [-0.2, -0.15) is 5.26 Å². The van der Waals surface area contributed by atoms with Gasteiger partial charge in [-0.1, -0.05) is 38.0 Å². The Bertz CT molecular complexity index is 1050. The molecule has 0 aliphatic heterocycles. The van der Waals surface area contributed by atoms with Gasteiger partial charge in [0.1, 0.15) is 11.2 Å². The standard InChI is InChI=1S/C23H21N3O/c1-6-16(5)15-26-20(9-4)22-13-21-23(27-22)19(10-11-25-21)18(8-3)12-17(7-2)14-24/h6-13,15H,1,3-4H2,2,5H3/b16-15-,17-7+,18-12+,26-20+. The minimum atomic E-state index is 0.542. The molecule has 0 aromatic carbocycles. The van der Waals surface area contributed by atoms with Crippen molar-refractivity contribution in [3.63, 3.8) is 0 Å². The minimum absolute atomic E-state index is 0.542. The number of aromatic nitrogens is 1. The second-order valence-corrected chi connectivity index (χ2v) is 5.64. The van der Waals surface area contributed by atoms with Crippen LogP contribution in [0.3, 0.4) is 0 Å². The zero-order valence-electron chi connectivity index (χ0n) is 15.6. The van der Waals surface area contributed by atoms with Crippen molar-refractivity contribution in [3.8, 4) is 6.07 Å². The second kappa shape index (κ2) is 9.12. The summed E-state index contributed by atoms with van der Waals surface area (Å²) in [5.41, 5.74) is 4.93. The number of fused-ring (bicyclic) bond motifs is 1. The Morgan fingerprint density at radius 3 is 2.63 bits per heavy atom. The molecule has 2 rings (SSSR count). The lowest BCUT2D eigenvalue weighted by molar-refractivity contribution is 0.604. The summed E-state index contributed by atoms with van der Waals surface area (Å²) in [6, 6.07) is 5.79. The highest BCUT2D eigenvalue weighted by molar-refractivity contribution is 6.09. The monoisotopic (exact) mass is 355 g/mol. The molecule has 0 aliphatic rings. The van der Waals surface area contributed by atoms with Crippen LogP contribution in [0.1, 0.15) is 25.2 Å². The molecule has 0 atom stereocenters. The van der Waals surface area contributed by atoms with Gasteiger partial charge >= 0.3 is 0 Å². The summed E-state index contributed by atoms with van der Waals surface area (Å²) in [5.74, 6) is 0.558. The number of rotatable bonds is 7. The third-order valence-electron chi connectivity index (χ3n) is 3.87. The Labute approximate surface area is 159 Å². The summed E-state index contributed by atoms with van der Waals surface area (Å²) < 4.78 is 6.04. The van der Waals surface area contributed by atoms with Gasteiger partial charge in [-0.3, -0.25) is 9.98 Å². The third-order valence-corrected chi connectivity index (χ3v) is 3.87. The fourth-order valence-corrected chi connectivity index (χ4v) is 2.33. The van der Waals surface area contributed by atoms with Gasteiger partial charge in [-0.15, -0.1) is 0 Å². The number of pyridine rings is 1. The van der Waals surface area contributed by atoms with Crippen molar-refractivity contribution in [3.05, 3.63) is 97.1 Å². The van der Waals surface area contributed by atoms with Gasteiger partial charge < -0.3 is 4.42 Å². The fraction of sp³-hybridized carbons (Fsp3) is 0.0870. The number of allylic oxidation sites excluding steroid dienone is 8. The van der Waals surface area contributed by atoms with Crippen LogP contribution >= 0.6 is 0 Å². The lowest BCUT2D eigenvalue weighted by atomic mass is 10.0. The van der Waals surface area contributed by atoms with Gasteiger partial charge in [0, 0.05) is 29.6 Å². The van der Waals surface area contributed by atoms with Gasteiger partial charge in [0.05, 0.1) is 6.07 Å². The molecule has 4 nitrogen and oxygen atoms in total. The Balaban J connectivity index is 2.64.